The minimum atomic E-state index is -0.872. The number of halogens is 1. The first-order valence-electron chi connectivity index (χ1n) is 11.3. The molecule has 36 heavy (non-hydrogen) atoms. The lowest BCUT2D eigenvalue weighted by molar-refractivity contribution is -0.142. The summed E-state index contributed by atoms with van der Waals surface area (Å²) in [6.45, 7) is 2.03. The molecule has 1 heterocycles. The maximum Gasteiger partial charge on any atom is 0.310 e. The average molecular weight is 506 g/mol. The van der Waals surface area contributed by atoms with E-state index in [0.717, 1.165) is 0 Å². The third-order valence-corrected chi connectivity index (χ3v) is 6.16. The van der Waals surface area contributed by atoms with E-state index in [1.54, 1.807) is 67.6 Å². The van der Waals surface area contributed by atoms with Gasteiger partial charge in [-0.25, -0.2) is 0 Å². The SMILES string of the molecule is CCOC(=O)Cc1ccc(N2C(=O)C(=O)/C(=C(\O)c3ccc(Cl)c(OC)c3)C2c2ccccc2)cc1. The average Bonchev–Trinajstić information content (AvgIpc) is 3.15. The van der Waals surface area contributed by atoms with Crippen molar-refractivity contribution in [2.75, 3.05) is 18.6 Å². The Morgan fingerprint density at radius 2 is 1.72 bits per heavy atom. The summed E-state index contributed by atoms with van der Waals surface area (Å²) in [5.41, 5.74) is 2.05. The van der Waals surface area contributed by atoms with Gasteiger partial charge in [-0.1, -0.05) is 54.1 Å². The number of hydrogen-bond donors (Lipinski definition) is 1. The molecule has 1 aliphatic heterocycles. The number of Topliss-reactive ketones (excluding diaryl/α,β-unsaturated/α-hetero) is 1. The molecule has 1 amide bonds. The molecule has 0 aliphatic carbocycles. The van der Waals surface area contributed by atoms with Gasteiger partial charge in [0.1, 0.15) is 11.5 Å². The summed E-state index contributed by atoms with van der Waals surface area (Å²) in [4.78, 5) is 39.7. The summed E-state index contributed by atoms with van der Waals surface area (Å²) in [6.07, 6.45) is 0.0907. The number of amides is 1. The number of esters is 1. The van der Waals surface area contributed by atoms with Gasteiger partial charge in [0.15, 0.2) is 0 Å². The number of aliphatic hydroxyl groups excluding tert-OH is 1. The molecular formula is C28H24ClNO6. The van der Waals surface area contributed by atoms with Crippen molar-refractivity contribution in [3.63, 3.8) is 0 Å². The highest BCUT2D eigenvalue weighted by Gasteiger charge is 2.47. The quantitative estimate of drug-likeness (QED) is 0.208. The summed E-state index contributed by atoms with van der Waals surface area (Å²) in [7, 11) is 1.44. The van der Waals surface area contributed by atoms with Gasteiger partial charge >= 0.3 is 5.97 Å². The van der Waals surface area contributed by atoms with Crippen LogP contribution in [-0.4, -0.2) is 36.5 Å². The molecule has 0 aromatic heterocycles. The van der Waals surface area contributed by atoms with Gasteiger partial charge in [-0.05, 0) is 48.4 Å². The van der Waals surface area contributed by atoms with Crippen molar-refractivity contribution < 1.29 is 29.0 Å². The fraction of sp³-hybridized carbons (Fsp3) is 0.179. The number of anilines is 1. The predicted octanol–water partition coefficient (Wildman–Crippen LogP) is 5.08. The first-order chi connectivity index (χ1) is 17.3. The van der Waals surface area contributed by atoms with Gasteiger partial charge in [0.05, 0.1) is 36.8 Å². The van der Waals surface area contributed by atoms with Crippen LogP contribution in [0.25, 0.3) is 5.76 Å². The van der Waals surface area contributed by atoms with E-state index in [1.807, 2.05) is 6.07 Å². The Labute approximate surface area is 213 Å². The van der Waals surface area contributed by atoms with E-state index in [4.69, 9.17) is 21.1 Å². The zero-order chi connectivity index (χ0) is 25.8. The molecular weight excluding hydrogens is 482 g/mol. The van der Waals surface area contributed by atoms with Crippen LogP contribution in [0.1, 0.15) is 29.7 Å². The van der Waals surface area contributed by atoms with Crippen molar-refractivity contribution >= 4 is 40.7 Å². The first-order valence-corrected chi connectivity index (χ1v) is 11.7. The Morgan fingerprint density at radius 3 is 2.36 bits per heavy atom. The fourth-order valence-corrected chi connectivity index (χ4v) is 4.36. The molecule has 1 atom stereocenters. The van der Waals surface area contributed by atoms with Crippen molar-refractivity contribution in [1.29, 1.82) is 0 Å². The van der Waals surface area contributed by atoms with Gasteiger partial charge in [-0.3, -0.25) is 19.3 Å². The van der Waals surface area contributed by atoms with Crippen LogP contribution in [0.5, 0.6) is 5.75 Å². The topological polar surface area (TPSA) is 93.1 Å². The molecule has 8 heteroatoms. The number of carbonyl (C=O) groups is 3. The van der Waals surface area contributed by atoms with E-state index in [2.05, 4.69) is 0 Å². The standard InChI is InChI=1S/C28H24ClNO6/c1-3-36-23(31)15-17-9-12-20(13-10-17)30-25(18-7-5-4-6-8-18)24(27(33)28(30)34)26(32)19-11-14-21(29)22(16-19)35-2/h4-14,16,25,32H,3,15H2,1-2H3/b26-24-. The summed E-state index contributed by atoms with van der Waals surface area (Å²) >= 11 is 6.12. The Bertz CT molecular complexity index is 1330. The maximum atomic E-state index is 13.3. The van der Waals surface area contributed by atoms with Crippen LogP contribution in [0.3, 0.4) is 0 Å². The number of hydrogen-bond acceptors (Lipinski definition) is 6. The Hall–Kier alpha value is -4.10. The van der Waals surface area contributed by atoms with Gasteiger partial charge < -0.3 is 14.6 Å². The number of methoxy groups -OCH3 is 1. The molecule has 0 bridgehead atoms. The fourth-order valence-electron chi connectivity index (χ4n) is 4.17. The molecule has 0 radical (unpaired) electrons. The van der Waals surface area contributed by atoms with E-state index >= 15 is 0 Å². The number of nitrogens with zero attached hydrogens (tertiary/aromatic N) is 1. The molecule has 1 aliphatic rings. The maximum absolute atomic E-state index is 13.3. The van der Waals surface area contributed by atoms with Gasteiger partial charge in [0.25, 0.3) is 11.7 Å². The second-order valence-corrected chi connectivity index (χ2v) is 8.48. The van der Waals surface area contributed by atoms with Crippen molar-refractivity contribution in [3.05, 3.63) is 100 Å². The molecule has 1 unspecified atom stereocenters. The van der Waals surface area contributed by atoms with E-state index in [9.17, 15) is 19.5 Å². The van der Waals surface area contributed by atoms with Crippen LogP contribution in [0.4, 0.5) is 5.69 Å². The summed E-state index contributed by atoms with van der Waals surface area (Å²) in [6, 6.07) is 19.5. The monoisotopic (exact) mass is 505 g/mol. The van der Waals surface area contributed by atoms with Gasteiger partial charge in [-0.2, -0.15) is 0 Å². The third-order valence-electron chi connectivity index (χ3n) is 5.85. The zero-order valence-electron chi connectivity index (χ0n) is 19.7. The summed E-state index contributed by atoms with van der Waals surface area (Å²) in [5.74, 6) is -1.95. The van der Waals surface area contributed by atoms with E-state index < -0.39 is 17.7 Å². The van der Waals surface area contributed by atoms with Crippen LogP contribution < -0.4 is 9.64 Å². The van der Waals surface area contributed by atoms with Crippen LogP contribution in [0.15, 0.2) is 78.4 Å². The normalized spacial score (nSPS) is 16.8. The lowest BCUT2D eigenvalue weighted by atomic mass is 9.95. The smallest absolute Gasteiger partial charge is 0.310 e. The molecule has 184 valence electrons. The molecule has 1 N–H and O–H groups in total. The summed E-state index contributed by atoms with van der Waals surface area (Å²) in [5, 5.41) is 11.6. The predicted molar refractivity (Wildman–Crippen MR) is 136 cm³/mol. The number of benzene rings is 3. The van der Waals surface area contributed by atoms with Crippen molar-refractivity contribution in [3.8, 4) is 5.75 Å². The minimum absolute atomic E-state index is 0.0498. The molecule has 0 saturated carbocycles. The lowest BCUT2D eigenvalue weighted by Crippen LogP contribution is -2.29. The van der Waals surface area contributed by atoms with Crippen LogP contribution >= 0.6 is 11.6 Å². The number of ether oxygens (including phenoxy) is 2. The molecule has 1 saturated heterocycles. The number of carbonyl (C=O) groups excluding carboxylic acids is 3. The van der Waals surface area contributed by atoms with E-state index in [0.29, 0.717) is 33.1 Å². The van der Waals surface area contributed by atoms with E-state index in [-0.39, 0.29) is 30.3 Å². The Balaban J connectivity index is 1.81. The molecule has 1 fully saturated rings. The highest BCUT2D eigenvalue weighted by molar-refractivity contribution is 6.51. The summed E-state index contributed by atoms with van der Waals surface area (Å²) < 4.78 is 10.2. The lowest BCUT2D eigenvalue weighted by Gasteiger charge is -2.25. The Kier molecular flexibility index (Phi) is 7.41. The van der Waals surface area contributed by atoms with E-state index in [1.165, 1.54) is 18.1 Å². The largest absolute Gasteiger partial charge is 0.507 e. The second kappa shape index (κ2) is 10.7. The highest BCUT2D eigenvalue weighted by Crippen LogP contribution is 2.42. The van der Waals surface area contributed by atoms with Crippen molar-refractivity contribution in [1.82, 2.24) is 0 Å². The minimum Gasteiger partial charge on any atom is -0.507 e. The molecule has 3 aromatic rings. The van der Waals surface area contributed by atoms with Gasteiger partial charge in [0, 0.05) is 11.3 Å². The van der Waals surface area contributed by atoms with Gasteiger partial charge in [-0.15, -0.1) is 0 Å². The Morgan fingerprint density at radius 1 is 1.03 bits per heavy atom. The number of aliphatic hydroxyl groups is 1. The first kappa shape index (κ1) is 25.0. The van der Waals surface area contributed by atoms with Crippen LogP contribution in [0, 0.1) is 0 Å². The number of rotatable bonds is 7. The zero-order valence-corrected chi connectivity index (χ0v) is 20.5. The number of ketones is 1. The molecule has 0 spiro atoms. The van der Waals surface area contributed by atoms with Crippen molar-refractivity contribution in [2.45, 2.75) is 19.4 Å². The van der Waals surface area contributed by atoms with Gasteiger partial charge in [0.2, 0.25) is 0 Å². The van der Waals surface area contributed by atoms with Crippen LogP contribution in [0.2, 0.25) is 5.02 Å². The highest BCUT2D eigenvalue weighted by atomic mass is 35.5. The third kappa shape index (κ3) is 4.83. The van der Waals surface area contributed by atoms with Crippen LogP contribution in [-0.2, 0) is 25.5 Å². The molecule has 3 aromatic carbocycles. The second-order valence-electron chi connectivity index (χ2n) is 8.08. The molecule has 7 nitrogen and oxygen atoms in total. The molecule has 4 rings (SSSR count). The van der Waals surface area contributed by atoms with Crippen molar-refractivity contribution in [2.24, 2.45) is 0 Å².